The molecular weight excluding hydrogens is 240 g/mol. The van der Waals surface area contributed by atoms with Crippen molar-refractivity contribution in [2.24, 2.45) is 0 Å². The largest absolute Gasteiger partial charge is 0.390 e. The van der Waals surface area contributed by atoms with E-state index in [0.29, 0.717) is 5.56 Å². The molecule has 0 aliphatic carbocycles. The number of benzene rings is 2. The molecule has 0 aliphatic rings. The number of aliphatic hydroxyl groups excluding tert-OH is 2. The smallest absolute Gasteiger partial charge is 0.193 e. The molecule has 0 saturated heterocycles. The Morgan fingerprint density at radius 3 is 2.00 bits per heavy atom. The predicted molar refractivity (Wildman–Crippen MR) is 72.9 cm³/mol. The van der Waals surface area contributed by atoms with Crippen LogP contribution in [0.5, 0.6) is 0 Å². The first-order valence-electron chi connectivity index (χ1n) is 6.18. The molecule has 0 saturated carbocycles. The summed E-state index contributed by atoms with van der Waals surface area (Å²) in [5.74, 6) is -0.455. The first kappa shape index (κ1) is 13.5. The van der Waals surface area contributed by atoms with Crippen LogP contribution in [-0.4, -0.2) is 28.2 Å². The van der Waals surface area contributed by atoms with Gasteiger partial charge in [0.1, 0.15) is 6.10 Å². The lowest BCUT2D eigenvalue weighted by Crippen LogP contribution is -2.35. The third kappa shape index (κ3) is 3.50. The molecule has 2 aromatic carbocycles. The number of aliphatic hydroxyl groups is 2. The van der Waals surface area contributed by atoms with Crippen LogP contribution in [0.25, 0.3) is 0 Å². The van der Waals surface area contributed by atoms with Gasteiger partial charge in [-0.25, -0.2) is 0 Å². The summed E-state index contributed by atoms with van der Waals surface area (Å²) >= 11 is 0. The maximum Gasteiger partial charge on any atom is 0.193 e. The summed E-state index contributed by atoms with van der Waals surface area (Å²) in [4.78, 5) is 12.0. The minimum Gasteiger partial charge on any atom is -0.390 e. The van der Waals surface area contributed by atoms with Gasteiger partial charge in [0.15, 0.2) is 5.78 Å². The number of hydrogen-bond acceptors (Lipinski definition) is 3. The fraction of sp³-hybridized carbons (Fsp3) is 0.188. The molecule has 2 atom stereocenters. The van der Waals surface area contributed by atoms with E-state index in [0.717, 1.165) is 5.56 Å². The highest BCUT2D eigenvalue weighted by Crippen LogP contribution is 2.11. The summed E-state index contributed by atoms with van der Waals surface area (Å²) in [6.07, 6.45) is -2.25. The van der Waals surface area contributed by atoms with E-state index in [1.807, 2.05) is 30.3 Å². The Labute approximate surface area is 112 Å². The summed E-state index contributed by atoms with van der Waals surface area (Å²) in [5, 5.41) is 19.8. The summed E-state index contributed by atoms with van der Waals surface area (Å²) in [6, 6.07) is 17.8. The molecular formula is C16H16O3. The van der Waals surface area contributed by atoms with E-state index < -0.39 is 18.0 Å². The topological polar surface area (TPSA) is 57.5 Å². The molecule has 0 aromatic heterocycles. The highest BCUT2D eigenvalue weighted by Gasteiger charge is 2.25. The zero-order chi connectivity index (χ0) is 13.7. The van der Waals surface area contributed by atoms with Crippen LogP contribution in [0, 0.1) is 0 Å². The van der Waals surface area contributed by atoms with Gasteiger partial charge in [0, 0.05) is 12.0 Å². The molecule has 0 unspecified atom stereocenters. The third-order valence-electron chi connectivity index (χ3n) is 2.98. The van der Waals surface area contributed by atoms with E-state index in [9.17, 15) is 15.0 Å². The first-order chi connectivity index (χ1) is 9.18. The summed E-state index contributed by atoms with van der Waals surface area (Å²) < 4.78 is 0. The highest BCUT2D eigenvalue weighted by atomic mass is 16.3. The maximum atomic E-state index is 12.0. The Balaban J connectivity index is 2.03. The zero-order valence-corrected chi connectivity index (χ0v) is 10.4. The molecule has 2 rings (SSSR count). The normalized spacial score (nSPS) is 13.8. The molecule has 2 N–H and O–H groups in total. The minimum atomic E-state index is -1.40. The molecule has 0 fully saturated rings. The summed E-state index contributed by atoms with van der Waals surface area (Å²) in [6.45, 7) is 0. The summed E-state index contributed by atoms with van der Waals surface area (Å²) in [5.41, 5.74) is 1.29. The van der Waals surface area contributed by atoms with Crippen LogP contribution in [-0.2, 0) is 6.42 Å². The predicted octanol–water partition coefficient (Wildman–Crippen LogP) is 1.83. The fourth-order valence-electron chi connectivity index (χ4n) is 1.92. The first-order valence-corrected chi connectivity index (χ1v) is 6.18. The number of hydrogen-bond donors (Lipinski definition) is 2. The molecule has 19 heavy (non-hydrogen) atoms. The van der Waals surface area contributed by atoms with Gasteiger partial charge in [-0.3, -0.25) is 4.79 Å². The SMILES string of the molecule is O=C(c1ccccc1)[C@@H](O)[C@H](O)Cc1ccccc1. The molecule has 0 spiro atoms. The van der Waals surface area contributed by atoms with Crippen LogP contribution in [0.15, 0.2) is 60.7 Å². The van der Waals surface area contributed by atoms with E-state index in [1.54, 1.807) is 30.3 Å². The van der Waals surface area contributed by atoms with Crippen LogP contribution >= 0.6 is 0 Å². The number of carbonyl (C=O) groups excluding carboxylic acids is 1. The van der Waals surface area contributed by atoms with Crippen molar-refractivity contribution >= 4 is 5.78 Å². The molecule has 0 amide bonds. The quantitative estimate of drug-likeness (QED) is 0.802. The van der Waals surface area contributed by atoms with Crippen molar-refractivity contribution in [1.82, 2.24) is 0 Å². The summed E-state index contributed by atoms with van der Waals surface area (Å²) in [7, 11) is 0. The van der Waals surface area contributed by atoms with Gasteiger partial charge in [-0.2, -0.15) is 0 Å². The maximum absolute atomic E-state index is 12.0. The molecule has 0 bridgehead atoms. The van der Waals surface area contributed by atoms with E-state index in [4.69, 9.17) is 0 Å². The van der Waals surface area contributed by atoms with Crippen LogP contribution in [0.2, 0.25) is 0 Å². The number of ketones is 1. The zero-order valence-electron chi connectivity index (χ0n) is 10.4. The van der Waals surface area contributed by atoms with Gasteiger partial charge in [0.05, 0.1) is 6.10 Å². The van der Waals surface area contributed by atoms with Crippen molar-refractivity contribution in [1.29, 1.82) is 0 Å². The molecule has 0 radical (unpaired) electrons. The van der Waals surface area contributed by atoms with Crippen molar-refractivity contribution < 1.29 is 15.0 Å². The van der Waals surface area contributed by atoms with Crippen molar-refractivity contribution in [3.63, 3.8) is 0 Å². The Hall–Kier alpha value is -1.97. The lowest BCUT2D eigenvalue weighted by Gasteiger charge is -2.16. The second-order valence-electron chi connectivity index (χ2n) is 4.43. The third-order valence-corrected chi connectivity index (χ3v) is 2.98. The average Bonchev–Trinajstić information content (AvgIpc) is 2.47. The standard InChI is InChI=1S/C16H16O3/c17-14(11-12-7-3-1-4-8-12)16(19)15(18)13-9-5-2-6-10-13/h1-10,14,16-17,19H,11H2/t14-,16+/m1/s1. The van der Waals surface area contributed by atoms with Gasteiger partial charge in [0.25, 0.3) is 0 Å². The number of rotatable bonds is 5. The van der Waals surface area contributed by atoms with Crippen molar-refractivity contribution in [3.05, 3.63) is 71.8 Å². The Morgan fingerprint density at radius 1 is 0.895 bits per heavy atom. The molecule has 2 aromatic rings. The second kappa shape index (κ2) is 6.27. The Morgan fingerprint density at radius 2 is 1.42 bits per heavy atom. The van der Waals surface area contributed by atoms with Crippen molar-refractivity contribution in [2.45, 2.75) is 18.6 Å². The molecule has 0 heterocycles. The van der Waals surface area contributed by atoms with Crippen LogP contribution in [0.4, 0.5) is 0 Å². The monoisotopic (exact) mass is 256 g/mol. The van der Waals surface area contributed by atoms with E-state index in [1.165, 1.54) is 0 Å². The van der Waals surface area contributed by atoms with Crippen molar-refractivity contribution in [2.75, 3.05) is 0 Å². The van der Waals surface area contributed by atoms with Crippen LogP contribution < -0.4 is 0 Å². The van der Waals surface area contributed by atoms with E-state index in [-0.39, 0.29) is 6.42 Å². The Kier molecular flexibility index (Phi) is 4.44. The minimum absolute atomic E-state index is 0.251. The fourth-order valence-corrected chi connectivity index (χ4v) is 1.92. The lowest BCUT2D eigenvalue weighted by molar-refractivity contribution is 0.0216. The van der Waals surface area contributed by atoms with Gasteiger partial charge >= 0.3 is 0 Å². The second-order valence-corrected chi connectivity index (χ2v) is 4.43. The van der Waals surface area contributed by atoms with Gasteiger partial charge in [-0.15, -0.1) is 0 Å². The highest BCUT2D eigenvalue weighted by molar-refractivity contribution is 5.99. The molecule has 3 heteroatoms. The molecule has 3 nitrogen and oxygen atoms in total. The van der Waals surface area contributed by atoms with Gasteiger partial charge in [-0.1, -0.05) is 60.7 Å². The van der Waals surface area contributed by atoms with Crippen LogP contribution in [0.3, 0.4) is 0 Å². The van der Waals surface area contributed by atoms with Gasteiger partial charge in [-0.05, 0) is 5.56 Å². The van der Waals surface area contributed by atoms with Gasteiger partial charge < -0.3 is 10.2 Å². The van der Waals surface area contributed by atoms with E-state index in [2.05, 4.69) is 0 Å². The van der Waals surface area contributed by atoms with Crippen LogP contribution in [0.1, 0.15) is 15.9 Å². The van der Waals surface area contributed by atoms with E-state index >= 15 is 0 Å². The number of carbonyl (C=O) groups is 1. The molecule has 0 aliphatic heterocycles. The molecule has 98 valence electrons. The Bertz CT molecular complexity index is 522. The van der Waals surface area contributed by atoms with Gasteiger partial charge in [0.2, 0.25) is 0 Å². The average molecular weight is 256 g/mol. The number of Topliss-reactive ketones (excluding diaryl/α,β-unsaturated/α-hetero) is 1. The lowest BCUT2D eigenvalue weighted by atomic mass is 9.97. The van der Waals surface area contributed by atoms with Crippen molar-refractivity contribution in [3.8, 4) is 0 Å².